The molecule has 2 aliphatic carbocycles. The first-order valence-corrected chi connectivity index (χ1v) is 9.65. The van der Waals surface area contributed by atoms with Crippen LogP contribution in [0.25, 0.3) is 0 Å². The molecule has 0 aromatic carbocycles. The van der Waals surface area contributed by atoms with Gasteiger partial charge in [-0.3, -0.25) is 9.59 Å². The van der Waals surface area contributed by atoms with E-state index in [9.17, 15) is 19.8 Å². The molecule has 0 aromatic rings. The minimum Gasteiger partial charge on any atom is -0.481 e. The summed E-state index contributed by atoms with van der Waals surface area (Å²) in [5, 5.41) is 19.4. The lowest BCUT2D eigenvalue weighted by molar-refractivity contribution is -0.160. The van der Waals surface area contributed by atoms with Gasteiger partial charge in [-0.2, -0.15) is 0 Å². The van der Waals surface area contributed by atoms with Crippen LogP contribution < -0.4 is 0 Å². The maximum absolute atomic E-state index is 12.4. The smallest absolute Gasteiger partial charge is 0.309 e. The molecule has 6 heteroatoms. The molecule has 4 aliphatic rings. The van der Waals surface area contributed by atoms with Gasteiger partial charge in [0.05, 0.1) is 29.8 Å². The maximum Gasteiger partial charge on any atom is 0.309 e. The number of hydrogen-bond donors (Lipinski definition) is 2. The highest BCUT2D eigenvalue weighted by molar-refractivity contribution is 5.75. The van der Waals surface area contributed by atoms with E-state index in [1.54, 1.807) is 0 Å². The number of hydrogen-bond acceptors (Lipinski definition) is 4. The molecule has 0 aromatic heterocycles. The summed E-state index contributed by atoms with van der Waals surface area (Å²) in [5.74, 6) is -1.44. The first-order valence-electron chi connectivity index (χ1n) is 9.65. The van der Waals surface area contributed by atoms with Crippen LogP contribution in [-0.2, 0) is 19.1 Å². The van der Waals surface area contributed by atoms with Crippen molar-refractivity contribution in [3.8, 4) is 0 Å². The van der Waals surface area contributed by atoms with Crippen molar-refractivity contribution < 1.29 is 29.3 Å². The molecular formula is C19H28O6. The van der Waals surface area contributed by atoms with Crippen LogP contribution in [0.3, 0.4) is 0 Å². The minimum atomic E-state index is -0.890. The molecule has 2 N–H and O–H groups in total. The van der Waals surface area contributed by atoms with Crippen molar-refractivity contribution in [1.29, 1.82) is 0 Å². The summed E-state index contributed by atoms with van der Waals surface area (Å²) < 4.78 is 11.3. The zero-order chi connectivity index (χ0) is 17.8. The van der Waals surface area contributed by atoms with Gasteiger partial charge < -0.3 is 19.7 Å². The Bertz CT molecular complexity index is 562. The number of rotatable bonds is 7. The van der Waals surface area contributed by atoms with Gasteiger partial charge in [0.1, 0.15) is 0 Å². The Labute approximate surface area is 147 Å². The Morgan fingerprint density at radius 2 is 1.64 bits per heavy atom. The third-order valence-electron chi connectivity index (χ3n) is 7.37. The average Bonchev–Trinajstić information content (AvgIpc) is 3.46. The summed E-state index contributed by atoms with van der Waals surface area (Å²) in [6, 6.07) is 0. The van der Waals surface area contributed by atoms with E-state index in [-0.39, 0.29) is 36.4 Å². The SMILES string of the molecule is CC(C(=O)O)(C1CCC2OC2C1)C(CCC(=O)O)C1CCC2OC2C1. The lowest BCUT2D eigenvalue weighted by atomic mass is 9.57. The number of carboxylic acids is 2. The van der Waals surface area contributed by atoms with E-state index in [0.717, 1.165) is 38.5 Å². The molecule has 8 atom stereocenters. The predicted octanol–water partition coefficient (Wildman–Crippen LogP) is 2.69. The summed E-state index contributed by atoms with van der Waals surface area (Å²) in [6.07, 6.45) is 7.07. The second-order valence-corrected chi connectivity index (χ2v) is 8.64. The average molecular weight is 352 g/mol. The fourth-order valence-corrected chi connectivity index (χ4v) is 5.69. The van der Waals surface area contributed by atoms with Gasteiger partial charge in [-0.1, -0.05) is 0 Å². The van der Waals surface area contributed by atoms with Crippen LogP contribution in [0.1, 0.15) is 58.3 Å². The highest BCUT2D eigenvalue weighted by Crippen LogP contribution is 2.55. The monoisotopic (exact) mass is 352 g/mol. The van der Waals surface area contributed by atoms with Gasteiger partial charge in [0.25, 0.3) is 0 Å². The lowest BCUT2D eigenvalue weighted by Gasteiger charge is -2.45. The third kappa shape index (κ3) is 3.19. The zero-order valence-electron chi connectivity index (χ0n) is 14.7. The second kappa shape index (κ2) is 6.23. The van der Waals surface area contributed by atoms with Crippen LogP contribution in [0.15, 0.2) is 0 Å². The molecular weight excluding hydrogens is 324 g/mol. The molecule has 8 unspecified atom stereocenters. The fraction of sp³-hybridized carbons (Fsp3) is 0.895. The quantitative estimate of drug-likeness (QED) is 0.683. The third-order valence-corrected chi connectivity index (χ3v) is 7.37. The van der Waals surface area contributed by atoms with Crippen molar-refractivity contribution in [3.63, 3.8) is 0 Å². The molecule has 0 amide bonds. The molecule has 0 spiro atoms. The first kappa shape index (κ1) is 17.3. The molecule has 2 saturated heterocycles. The van der Waals surface area contributed by atoms with Crippen LogP contribution in [0, 0.1) is 23.2 Å². The van der Waals surface area contributed by atoms with Crippen molar-refractivity contribution in [2.24, 2.45) is 23.2 Å². The second-order valence-electron chi connectivity index (χ2n) is 8.64. The van der Waals surface area contributed by atoms with E-state index in [0.29, 0.717) is 18.6 Å². The van der Waals surface area contributed by atoms with Gasteiger partial charge in [-0.25, -0.2) is 0 Å². The Morgan fingerprint density at radius 1 is 1.00 bits per heavy atom. The van der Waals surface area contributed by atoms with Gasteiger partial charge >= 0.3 is 11.9 Å². The number of fused-ring (bicyclic) bond motifs is 2. The summed E-state index contributed by atoms with van der Waals surface area (Å²) in [4.78, 5) is 23.6. The van der Waals surface area contributed by atoms with Crippen LogP contribution in [0.2, 0.25) is 0 Å². The zero-order valence-corrected chi connectivity index (χ0v) is 14.7. The predicted molar refractivity (Wildman–Crippen MR) is 88.1 cm³/mol. The van der Waals surface area contributed by atoms with E-state index < -0.39 is 17.4 Å². The highest BCUT2D eigenvalue weighted by Gasteiger charge is 2.57. The normalized spacial score (nSPS) is 42.4. The summed E-state index contributed by atoms with van der Waals surface area (Å²) in [6.45, 7) is 1.87. The first-order chi connectivity index (χ1) is 11.9. The summed E-state index contributed by atoms with van der Waals surface area (Å²) in [7, 11) is 0. The summed E-state index contributed by atoms with van der Waals surface area (Å²) in [5.41, 5.74) is -0.890. The van der Waals surface area contributed by atoms with Crippen LogP contribution >= 0.6 is 0 Å². The molecule has 140 valence electrons. The number of carboxylic acid groups (broad SMARTS) is 2. The molecule has 2 aliphatic heterocycles. The Morgan fingerprint density at radius 3 is 2.20 bits per heavy atom. The number of ether oxygens (including phenoxy) is 2. The van der Waals surface area contributed by atoms with Crippen molar-refractivity contribution in [2.75, 3.05) is 0 Å². The van der Waals surface area contributed by atoms with E-state index in [1.165, 1.54) is 0 Å². The van der Waals surface area contributed by atoms with Crippen LogP contribution in [-0.4, -0.2) is 46.6 Å². The Balaban J connectivity index is 1.58. The van der Waals surface area contributed by atoms with Crippen molar-refractivity contribution in [1.82, 2.24) is 0 Å². The van der Waals surface area contributed by atoms with Crippen molar-refractivity contribution >= 4 is 11.9 Å². The molecule has 2 saturated carbocycles. The van der Waals surface area contributed by atoms with Gasteiger partial charge in [0.15, 0.2) is 0 Å². The van der Waals surface area contributed by atoms with Gasteiger partial charge in [-0.15, -0.1) is 0 Å². The number of aliphatic carboxylic acids is 2. The Kier molecular flexibility index (Phi) is 4.31. The largest absolute Gasteiger partial charge is 0.481 e. The number of carbonyl (C=O) groups is 2. The van der Waals surface area contributed by atoms with Crippen LogP contribution in [0.4, 0.5) is 0 Å². The standard InChI is InChI=1S/C19H28O6/c1-19(18(22)23,11-3-6-14-16(9-11)25-14)12(4-7-17(20)21)10-2-5-13-15(8-10)24-13/h10-16H,2-9H2,1H3,(H,20,21)(H,22,23). The lowest BCUT2D eigenvalue weighted by Crippen LogP contribution is -2.48. The maximum atomic E-state index is 12.4. The van der Waals surface area contributed by atoms with E-state index >= 15 is 0 Å². The Hall–Kier alpha value is -1.14. The minimum absolute atomic E-state index is 0.0360. The molecule has 6 nitrogen and oxygen atoms in total. The van der Waals surface area contributed by atoms with Crippen molar-refractivity contribution in [2.45, 2.75) is 82.7 Å². The molecule has 0 radical (unpaired) electrons. The fourth-order valence-electron chi connectivity index (χ4n) is 5.69. The number of epoxide rings is 2. The van der Waals surface area contributed by atoms with E-state index in [4.69, 9.17) is 9.47 Å². The van der Waals surface area contributed by atoms with Gasteiger partial charge in [-0.05, 0) is 69.6 Å². The molecule has 4 rings (SSSR count). The van der Waals surface area contributed by atoms with Crippen molar-refractivity contribution in [3.05, 3.63) is 0 Å². The molecule has 2 heterocycles. The van der Waals surface area contributed by atoms with E-state index in [1.807, 2.05) is 6.92 Å². The van der Waals surface area contributed by atoms with E-state index in [2.05, 4.69) is 0 Å². The summed E-state index contributed by atoms with van der Waals surface area (Å²) >= 11 is 0. The molecule has 0 bridgehead atoms. The van der Waals surface area contributed by atoms with Gasteiger partial charge in [0, 0.05) is 6.42 Å². The van der Waals surface area contributed by atoms with Gasteiger partial charge in [0.2, 0.25) is 0 Å². The molecule has 25 heavy (non-hydrogen) atoms. The molecule has 4 fully saturated rings. The highest BCUT2D eigenvalue weighted by atomic mass is 16.6. The topological polar surface area (TPSA) is 99.7 Å². The van der Waals surface area contributed by atoms with Crippen LogP contribution in [0.5, 0.6) is 0 Å².